The number of carbonyl (C=O) groups excluding carboxylic acids is 2. The number of carbonyl (C=O) groups is 2. The summed E-state index contributed by atoms with van der Waals surface area (Å²) in [5.74, 6) is 0.162. The molecule has 6 nitrogen and oxygen atoms in total. The molecular weight excluding hydrogens is 260 g/mol. The van der Waals surface area contributed by atoms with Gasteiger partial charge in [0.1, 0.15) is 6.26 Å². The molecule has 0 aromatic carbocycles. The standard InChI is InChI=1S/C14H20N2O4/c1-16(8-10-6-12(17)7-10)13(18)2-4-15-14(19)11-3-5-20-9-11/h3,5,9-10,12,17H,2,4,6-8H2,1H3,(H,15,19). The van der Waals surface area contributed by atoms with Crippen molar-refractivity contribution in [3.05, 3.63) is 24.2 Å². The van der Waals surface area contributed by atoms with E-state index in [1.165, 1.54) is 12.5 Å². The number of aliphatic hydroxyl groups excluding tert-OH is 1. The van der Waals surface area contributed by atoms with E-state index in [-0.39, 0.29) is 24.3 Å². The van der Waals surface area contributed by atoms with Crippen LogP contribution in [0.5, 0.6) is 0 Å². The minimum absolute atomic E-state index is 0.00103. The van der Waals surface area contributed by atoms with Crippen LogP contribution >= 0.6 is 0 Å². The molecule has 1 aliphatic carbocycles. The largest absolute Gasteiger partial charge is 0.472 e. The third kappa shape index (κ3) is 3.84. The van der Waals surface area contributed by atoms with Gasteiger partial charge in [0.25, 0.3) is 5.91 Å². The Kier molecular flexibility index (Phi) is 4.79. The van der Waals surface area contributed by atoms with E-state index in [0.717, 1.165) is 12.8 Å². The Morgan fingerprint density at radius 3 is 2.85 bits per heavy atom. The molecule has 0 spiro atoms. The van der Waals surface area contributed by atoms with Gasteiger partial charge in [0.2, 0.25) is 5.91 Å². The molecule has 1 aliphatic rings. The molecule has 1 fully saturated rings. The van der Waals surface area contributed by atoms with E-state index in [4.69, 9.17) is 4.42 Å². The van der Waals surface area contributed by atoms with E-state index in [0.29, 0.717) is 24.6 Å². The Balaban J connectivity index is 1.63. The first-order valence-corrected chi connectivity index (χ1v) is 6.78. The summed E-state index contributed by atoms with van der Waals surface area (Å²) < 4.78 is 4.82. The molecule has 0 atom stereocenters. The SMILES string of the molecule is CN(CC1CC(O)C1)C(=O)CCNC(=O)c1ccoc1. The van der Waals surface area contributed by atoms with Gasteiger partial charge in [0.15, 0.2) is 0 Å². The fourth-order valence-corrected chi connectivity index (χ4v) is 2.31. The Morgan fingerprint density at radius 1 is 1.50 bits per heavy atom. The van der Waals surface area contributed by atoms with Gasteiger partial charge < -0.3 is 19.7 Å². The van der Waals surface area contributed by atoms with Crippen LogP contribution in [0.25, 0.3) is 0 Å². The van der Waals surface area contributed by atoms with Crippen LogP contribution in [0.1, 0.15) is 29.6 Å². The van der Waals surface area contributed by atoms with Gasteiger partial charge in [-0.05, 0) is 24.8 Å². The number of nitrogens with zero attached hydrogens (tertiary/aromatic N) is 1. The van der Waals surface area contributed by atoms with E-state index < -0.39 is 0 Å². The van der Waals surface area contributed by atoms with Crippen LogP contribution in [0.3, 0.4) is 0 Å². The molecule has 2 rings (SSSR count). The summed E-state index contributed by atoms with van der Waals surface area (Å²) in [5.41, 5.74) is 0.453. The average molecular weight is 280 g/mol. The molecule has 0 aliphatic heterocycles. The second-order valence-corrected chi connectivity index (χ2v) is 5.28. The summed E-state index contributed by atoms with van der Waals surface area (Å²) in [4.78, 5) is 25.1. The van der Waals surface area contributed by atoms with E-state index in [2.05, 4.69) is 5.32 Å². The fraction of sp³-hybridized carbons (Fsp3) is 0.571. The van der Waals surface area contributed by atoms with Gasteiger partial charge in [0.05, 0.1) is 17.9 Å². The minimum Gasteiger partial charge on any atom is -0.472 e. The Morgan fingerprint density at radius 2 is 2.25 bits per heavy atom. The van der Waals surface area contributed by atoms with Gasteiger partial charge in [-0.15, -0.1) is 0 Å². The average Bonchev–Trinajstić information content (AvgIpc) is 2.90. The molecule has 1 saturated carbocycles. The third-order valence-electron chi connectivity index (χ3n) is 3.58. The molecule has 1 aromatic rings. The van der Waals surface area contributed by atoms with Crippen LogP contribution < -0.4 is 5.32 Å². The number of aliphatic hydroxyl groups is 1. The third-order valence-corrected chi connectivity index (χ3v) is 3.58. The van der Waals surface area contributed by atoms with Crippen molar-refractivity contribution in [2.45, 2.75) is 25.4 Å². The van der Waals surface area contributed by atoms with Gasteiger partial charge >= 0.3 is 0 Å². The van der Waals surface area contributed by atoms with Crippen LogP contribution in [0, 0.1) is 5.92 Å². The molecule has 2 N–H and O–H groups in total. The molecule has 0 saturated heterocycles. The Labute approximate surface area is 117 Å². The summed E-state index contributed by atoms with van der Waals surface area (Å²) in [7, 11) is 1.75. The monoisotopic (exact) mass is 280 g/mol. The van der Waals surface area contributed by atoms with Crippen LogP contribution in [0.4, 0.5) is 0 Å². The highest BCUT2D eigenvalue weighted by Crippen LogP contribution is 2.27. The van der Waals surface area contributed by atoms with Crippen molar-refractivity contribution >= 4 is 11.8 Å². The van der Waals surface area contributed by atoms with Crippen LogP contribution in [-0.4, -0.2) is 48.1 Å². The van der Waals surface area contributed by atoms with Crippen molar-refractivity contribution < 1.29 is 19.1 Å². The lowest BCUT2D eigenvalue weighted by Gasteiger charge is -2.34. The lowest BCUT2D eigenvalue weighted by Crippen LogP contribution is -2.40. The zero-order chi connectivity index (χ0) is 14.5. The van der Waals surface area contributed by atoms with Crippen molar-refractivity contribution in [1.82, 2.24) is 10.2 Å². The smallest absolute Gasteiger partial charge is 0.254 e. The first kappa shape index (κ1) is 14.6. The zero-order valence-corrected chi connectivity index (χ0v) is 11.5. The predicted octanol–water partition coefficient (Wildman–Crippen LogP) is 0.629. The number of nitrogens with one attached hydrogen (secondary N) is 1. The summed E-state index contributed by atoms with van der Waals surface area (Å²) >= 11 is 0. The highest BCUT2D eigenvalue weighted by molar-refractivity contribution is 5.93. The van der Waals surface area contributed by atoms with E-state index in [9.17, 15) is 14.7 Å². The van der Waals surface area contributed by atoms with Crippen molar-refractivity contribution in [3.63, 3.8) is 0 Å². The maximum atomic E-state index is 11.9. The Hall–Kier alpha value is -1.82. The molecule has 6 heteroatoms. The molecular formula is C14H20N2O4. The first-order valence-electron chi connectivity index (χ1n) is 6.78. The second-order valence-electron chi connectivity index (χ2n) is 5.28. The fourth-order valence-electron chi connectivity index (χ4n) is 2.31. The van der Waals surface area contributed by atoms with Crippen LogP contribution in [0.15, 0.2) is 23.0 Å². The van der Waals surface area contributed by atoms with Gasteiger partial charge in [-0.2, -0.15) is 0 Å². The predicted molar refractivity (Wildman–Crippen MR) is 72.0 cm³/mol. The maximum absolute atomic E-state index is 11.9. The highest BCUT2D eigenvalue weighted by Gasteiger charge is 2.28. The van der Waals surface area contributed by atoms with Gasteiger partial charge in [-0.1, -0.05) is 0 Å². The minimum atomic E-state index is -0.240. The van der Waals surface area contributed by atoms with Crippen molar-refractivity contribution in [1.29, 1.82) is 0 Å². The van der Waals surface area contributed by atoms with E-state index in [1.54, 1.807) is 18.0 Å². The molecule has 1 heterocycles. The first-order chi connectivity index (χ1) is 9.56. The molecule has 0 unspecified atom stereocenters. The molecule has 20 heavy (non-hydrogen) atoms. The van der Waals surface area contributed by atoms with Crippen molar-refractivity contribution in [2.24, 2.45) is 5.92 Å². The number of furan rings is 1. The number of amides is 2. The number of hydrogen-bond acceptors (Lipinski definition) is 4. The number of hydrogen-bond donors (Lipinski definition) is 2. The topological polar surface area (TPSA) is 82.8 Å². The van der Waals surface area contributed by atoms with Crippen molar-refractivity contribution in [2.75, 3.05) is 20.1 Å². The summed E-state index contributed by atoms with van der Waals surface area (Å²) in [5, 5.41) is 11.9. The normalized spacial score (nSPS) is 21.1. The highest BCUT2D eigenvalue weighted by atomic mass is 16.3. The molecule has 0 bridgehead atoms. The molecule has 2 amide bonds. The van der Waals surface area contributed by atoms with Gasteiger partial charge in [0, 0.05) is 26.6 Å². The van der Waals surface area contributed by atoms with E-state index in [1.807, 2.05) is 0 Å². The lowest BCUT2D eigenvalue weighted by atomic mass is 9.82. The maximum Gasteiger partial charge on any atom is 0.254 e. The lowest BCUT2D eigenvalue weighted by molar-refractivity contribution is -0.131. The molecule has 1 aromatic heterocycles. The molecule has 110 valence electrons. The summed E-state index contributed by atoms with van der Waals surface area (Å²) in [6.07, 6.45) is 4.42. The number of rotatable bonds is 6. The van der Waals surface area contributed by atoms with Crippen LogP contribution in [-0.2, 0) is 4.79 Å². The Bertz CT molecular complexity index is 452. The van der Waals surface area contributed by atoms with Gasteiger partial charge in [-0.25, -0.2) is 0 Å². The van der Waals surface area contributed by atoms with Gasteiger partial charge in [-0.3, -0.25) is 9.59 Å². The molecule has 0 radical (unpaired) electrons. The quantitative estimate of drug-likeness (QED) is 0.800. The zero-order valence-electron chi connectivity index (χ0n) is 11.5. The van der Waals surface area contributed by atoms with Crippen molar-refractivity contribution in [3.8, 4) is 0 Å². The van der Waals surface area contributed by atoms with Crippen LogP contribution in [0.2, 0.25) is 0 Å². The van der Waals surface area contributed by atoms with E-state index >= 15 is 0 Å². The second kappa shape index (κ2) is 6.56. The summed E-state index contributed by atoms with van der Waals surface area (Å²) in [6, 6.07) is 1.57. The summed E-state index contributed by atoms with van der Waals surface area (Å²) in [6.45, 7) is 0.978.